The lowest BCUT2D eigenvalue weighted by Crippen LogP contribution is -2.30. The first-order valence-corrected chi connectivity index (χ1v) is 9.86. The van der Waals surface area contributed by atoms with Crippen LogP contribution in [0.25, 0.3) is 6.08 Å². The number of nitrogens with one attached hydrogen (secondary N) is 2. The molecule has 0 saturated heterocycles. The van der Waals surface area contributed by atoms with Gasteiger partial charge in [-0.1, -0.05) is 42.5 Å². The third-order valence-corrected chi connectivity index (χ3v) is 4.36. The molecular weight excluding hydrogens is 392 g/mol. The Balaban J connectivity index is 1.93. The van der Waals surface area contributed by atoms with Gasteiger partial charge in [-0.25, -0.2) is 0 Å². The fraction of sp³-hybridized carbons (Fsp3) is 0.120. The molecule has 0 heterocycles. The van der Waals surface area contributed by atoms with Crippen molar-refractivity contribution < 1.29 is 19.1 Å². The number of amides is 2. The van der Waals surface area contributed by atoms with E-state index in [-0.39, 0.29) is 11.6 Å². The van der Waals surface area contributed by atoms with Crippen LogP contribution in [0.2, 0.25) is 0 Å². The van der Waals surface area contributed by atoms with Gasteiger partial charge in [0.05, 0.1) is 13.7 Å². The van der Waals surface area contributed by atoms with Gasteiger partial charge in [0.2, 0.25) is 0 Å². The first-order chi connectivity index (χ1) is 15.1. The fourth-order valence-electron chi connectivity index (χ4n) is 2.88. The molecule has 3 rings (SSSR count). The summed E-state index contributed by atoms with van der Waals surface area (Å²) in [5.74, 6) is 0.316. The standard InChI is InChI=1S/C25H24N2O4/c1-3-31-23-17-18(14-15-22(23)30-2)16-21(25(29)26-20-12-8-5-9-13-20)27-24(28)19-10-6-4-7-11-19/h4-17H,3H2,1-2H3,(H,26,29)(H,27,28). The molecule has 0 radical (unpaired) electrons. The Morgan fingerprint density at radius 3 is 2.23 bits per heavy atom. The summed E-state index contributed by atoms with van der Waals surface area (Å²) in [5.41, 5.74) is 1.85. The fourth-order valence-corrected chi connectivity index (χ4v) is 2.88. The van der Waals surface area contributed by atoms with E-state index < -0.39 is 5.91 Å². The molecule has 0 atom stereocenters. The van der Waals surface area contributed by atoms with Crippen molar-refractivity contribution >= 4 is 23.6 Å². The first-order valence-electron chi connectivity index (χ1n) is 9.86. The van der Waals surface area contributed by atoms with Gasteiger partial charge in [0.15, 0.2) is 11.5 Å². The van der Waals surface area contributed by atoms with Gasteiger partial charge in [0.25, 0.3) is 11.8 Å². The number of hydrogen-bond donors (Lipinski definition) is 2. The molecule has 0 aliphatic rings. The lowest BCUT2D eigenvalue weighted by Gasteiger charge is -2.13. The molecule has 0 unspecified atom stereocenters. The minimum atomic E-state index is -0.441. The van der Waals surface area contributed by atoms with E-state index in [0.717, 1.165) is 0 Å². The summed E-state index contributed by atoms with van der Waals surface area (Å²) >= 11 is 0. The van der Waals surface area contributed by atoms with Gasteiger partial charge in [-0.05, 0) is 55.0 Å². The minimum absolute atomic E-state index is 0.102. The Morgan fingerprint density at radius 1 is 0.903 bits per heavy atom. The number of benzene rings is 3. The number of anilines is 1. The molecule has 0 bridgehead atoms. The summed E-state index contributed by atoms with van der Waals surface area (Å²) in [6.45, 7) is 2.34. The lowest BCUT2D eigenvalue weighted by atomic mass is 10.1. The maximum absolute atomic E-state index is 13.0. The molecule has 0 aliphatic heterocycles. The van der Waals surface area contributed by atoms with E-state index in [2.05, 4.69) is 10.6 Å². The Morgan fingerprint density at radius 2 is 1.58 bits per heavy atom. The number of methoxy groups -OCH3 is 1. The molecule has 3 aromatic rings. The molecule has 31 heavy (non-hydrogen) atoms. The summed E-state index contributed by atoms with van der Waals surface area (Å²) in [6, 6.07) is 23.0. The van der Waals surface area contributed by atoms with Crippen LogP contribution in [-0.4, -0.2) is 25.5 Å². The van der Waals surface area contributed by atoms with Gasteiger partial charge >= 0.3 is 0 Å². The van der Waals surface area contributed by atoms with Crippen LogP contribution in [-0.2, 0) is 4.79 Å². The Bertz CT molecular complexity index is 1060. The van der Waals surface area contributed by atoms with Gasteiger partial charge in [-0.3, -0.25) is 9.59 Å². The van der Waals surface area contributed by atoms with Crippen molar-refractivity contribution in [2.24, 2.45) is 0 Å². The van der Waals surface area contributed by atoms with Crippen LogP contribution in [0.4, 0.5) is 5.69 Å². The number of rotatable bonds is 8. The van der Waals surface area contributed by atoms with Gasteiger partial charge in [-0.2, -0.15) is 0 Å². The van der Waals surface area contributed by atoms with E-state index in [4.69, 9.17) is 9.47 Å². The zero-order chi connectivity index (χ0) is 22.1. The molecule has 6 heteroatoms. The lowest BCUT2D eigenvalue weighted by molar-refractivity contribution is -0.113. The van der Waals surface area contributed by atoms with Crippen LogP contribution in [0.3, 0.4) is 0 Å². The van der Waals surface area contributed by atoms with Crippen molar-refractivity contribution in [1.82, 2.24) is 5.32 Å². The average molecular weight is 416 g/mol. The largest absolute Gasteiger partial charge is 0.493 e. The van der Waals surface area contributed by atoms with Crippen molar-refractivity contribution in [3.8, 4) is 11.5 Å². The second-order valence-corrected chi connectivity index (χ2v) is 6.54. The second kappa shape index (κ2) is 10.6. The zero-order valence-corrected chi connectivity index (χ0v) is 17.4. The summed E-state index contributed by atoms with van der Waals surface area (Å²) in [6.07, 6.45) is 1.60. The van der Waals surface area contributed by atoms with Crippen molar-refractivity contribution in [2.45, 2.75) is 6.92 Å². The highest BCUT2D eigenvalue weighted by molar-refractivity contribution is 6.10. The summed E-state index contributed by atoms with van der Waals surface area (Å²) in [7, 11) is 1.56. The molecule has 0 spiro atoms. The molecule has 158 valence electrons. The molecule has 0 aliphatic carbocycles. The van der Waals surface area contributed by atoms with E-state index in [1.165, 1.54) is 0 Å². The molecule has 0 fully saturated rings. The molecule has 6 nitrogen and oxygen atoms in total. The van der Waals surface area contributed by atoms with Crippen molar-refractivity contribution in [3.63, 3.8) is 0 Å². The Hall–Kier alpha value is -4.06. The summed E-state index contributed by atoms with van der Waals surface area (Å²) in [4.78, 5) is 25.7. The van der Waals surface area contributed by atoms with Crippen LogP contribution in [0.5, 0.6) is 11.5 Å². The van der Waals surface area contributed by atoms with Crippen molar-refractivity contribution in [2.75, 3.05) is 19.0 Å². The van der Waals surface area contributed by atoms with Crippen LogP contribution >= 0.6 is 0 Å². The third kappa shape index (κ3) is 5.96. The van der Waals surface area contributed by atoms with Crippen LogP contribution in [0.1, 0.15) is 22.8 Å². The van der Waals surface area contributed by atoms with E-state index in [1.54, 1.807) is 67.8 Å². The normalized spacial score (nSPS) is 10.8. The van der Waals surface area contributed by atoms with E-state index in [1.807, 2.05) is 31.2 Å². The highest BCUT2D eigenvalue weighted by atomic mass is 16.5. The van der Waals surface area contributed by atoms with Crippen molar-refractivity contribution in [1.29, 1.82) is 0 Å². The second-order valence-electron chi connectivity index (χ2n) is 6.54. The number of hydrogen-bond acceptors (Lipinski definition) is 4. The van der Waals surface area contributed by atoms with Crippen LogP contribution < -0.4 is 20.1 Å². The van der Waals surface area contributed by atoms with Gasteiger partial charge in [0.1, 0.15) is 5.70 Å². The Labute approximate surface area is 181 Å². The highest BCUT2D eigenvalue weighted by Crippen LogP contribution is 2.29. The van der Waals surface area contributed by atoms with Gasteiger partial charge in [-0.15, -0.1) is 0 Å². The quantitative estimate of drug-likeness (QED) is 0.530. The first kappa shape index (κ1) is 21.6. The summed E-state index contributed by atoms with van der Waals surface area (Å²) < 4.78 is 10.9. The number of carbonyl (C=O) groups excluding carboxylic acids is 2. The monoisotopic (exact) mass is 416 g/mol. The van der Waals surface area contributed by atoms with Crippen LogP contribution in [0.15, 0.2) is 84.6 Å². The topological polar surface area (TPSA) is 76.7 Å². The highest BCUT2D eigenvalue weighted by Gasteiger charge is 2.15. The van der Waals surface area contributed by atoms with E-state index in [9.17, 15) is 9.59 Å². The third-order valence-electron chi connectivity index (χ3n) is 4.36. The molecule has 3 aromatic carbocycles. The van der Waals surface area contributed by atoms with Crippen molar-refractivity contribution in [3.05, 3.63) is 95.7 Å². The predicted molar refractivity (Wildman–Crippen MR) is 121 cm³/mol. The summed E-state index contributed by atoms with van der Waals surface area (Å²) in [5, 5.41) is 5.52. The number of carbonyl (C=O) groups is 2. The molecule has 0 aromatic heterocycles. The maximum atomic E-state index is 13.0. The molecule has 0 saturated carbocycles. The maximum Gasteiger partial charge on any atom is 0.272 e. The zero-order valence-electron chi connectivity index (χ0n) is 17.4. The average Bonchev–Trinajstić information content (AvgIpc) is 2.80. The molecule has 2 N–H and O–H groups in total. The van der Waals surface area contributed by atoms with E-state index >= 15 is 0 Å². The molecular formula is C25H24N2O4. The van der Waals surface area contributed by atoms with Gasteiger partial charge < -0.3 is 20.1 Å². The predicted octanol–water partition coefficient (Wildman–Crippen LogP) is 4.50. The number of para-hydroxylation sites is 1. The Kier molecular flexibility index (Phi) is 7.43. The minimum Gasteiger partial charge on any atom is -0.493 e. The van der Waals surface area contributed by atoms with Crippen LogP contribution in [0, 0.1) is 0 Å². The number of ether oxygens (including phenoxy) is 2. The SMILES string of the molecule is CCOc1cc(C=C(NC(=O)c2ccccc2)C(=O)Nc2ccccc2)ccc1OC. The van der Waals surface area contributed by atoms with Gasteiger partial charge in [0, 0.05) is 11.3 Å². The van der Waals surface area contributed by atoms with E-state index in [0.29, 0.717) is 34.9 Å². The molecule has 2 amide bonds. The smallest absolute Gasteiger partial charge is 0.272 e.